The second-order valence-corrected chi connectivity index (χ2v) is 6.90. The van der Waals surface area contributed by atoms with Gasteiger partial charge in [-0.05, 0) is 49.2 Å². The molecule has 5 nitrogen and oxygen atoms in total. The number of aryl methyl sites for hydroxylation is 1. The van der Waals surface area contributed by atoms with Crippen molar-refractivity contribution >= 4 is 17.5 Å². The number of amides is 2. The maximum atomic E-state index is 13.8. The van der Waals surface area contributed by atoms with Crippen LogP contribution in [-0.4, -0.2) is 30.9 Å². The molecule has 0 fully saturated rings. The Labute approximate surface area is 158 Å². The molecule has 1 unspecified atom stereocenters. The van der Waals surface area contributed by atoms with Crippen LogP contribution in [0.15, 0.2) is 42.5 Å². The predicted molar refractivity (Wildman–Crippen MR) is 103 cm³/mol. The first-order valence-electron chi connectivity index (χ1n) is 9.07. The molecule has 0 aliphatic carbocycles. The number of rotatable bonds is 6. The Bertz CT molecular complexity index is 853. The zero-order chi connectivity index (χ0) is 19.4. The monoisotopic (exact) mass is 369 g/mol. The second-order valence-electron chi connectivity index (χ2n) is 6.90. The molecule has 27 heavy (non-hydrogen) atoms. The summed E-state index contributed by atoms with van der Waals surface area (Å²) in [6, 6.07) is 11.5. The van der Waals surface area contributed by atoms with Crippen LogP contribution in [0, 0.1) is 12.7 Å². The van der Waals surface area contributed by atoms with Crippen molar-refractivity contribution in [3.63, 3.8) is 0 Å². The highest BCUT2D eigenvalue weighted by atomic mass is 19.1. The summed E-state index contributed by atoms with van der Waals surface area (Å²) in [5.74, 6) is -0.726. The number of halogens is 1. The van der Waals surface area contributed by atoms with E-state index >= 15 is 0 Å². The van der Waals surface area contributed by atoms with Gasteiger partial charge in [0.2, 0.25) is 11.8 Å². The molecule has 1 heterocycles. The minimum atomic E-state index is -0.600. The van der Waals surface area contributed by atoms with E-state index in [0.717, 1.165) is 16.8 Å². The van der Waals surface area contributed by atoms with Gasteiger partial charge in [-0.1, -0.05) is 30.3 Å². The molecule has 2 amide bonds. The number of likely N-dealkylation sites (N-methyl/N-ethyl adjacent to an activating group) is 1. The second kappa shape index (κ2) is 8.31. The molecule has 2 aromatic rings. The quantitative estimate of drug-likeness (QED) is 0.732. The molecule has 2 atom stereocenters. The van der Waals surface area contributed by atoms with Crippen LogP contribution in [0.1, 0.15) is 23.1 Å². The minimum Gasteiger partial charge on any atom is -0.344 e. The fourth-order valence-corrected chi connectivity index (χ4v) is 3.41. The van der Waals surface area contributed by atoms with Gasteiger partial charge in [0, 0.05) is 24.6 Å². The number of hydrogen-bond donors (Lipinski definition) is 3. The molecule has 1 aliphatic rings. The third kappa shape index (κ3) is 4.52. The van der Waals surface area contributed by atoms with E-state index in [4.69, 9.17) is 0 Å². The Kier molecular flexibility index (Phi) is 5.86. The first-order chi connectivity index (χ1) is 13.0. The van der Waals surface area contributed by atoms with Gasteiger partial charge >= 0.3 is 0 Å². The van der Waals surface area contributed by atoms with Crippen LogP contribution in [0.25, 0.3) is 0 Å². The van der Waals surface area contributed by atoms with Crippen molar-refractivity contribution in [2.75, 3.05) is 12.4 Å². The number of fused-ring (bicyclic) bond motifs is 1. The molecule has 1 aliphatic heterocycles. The standard InChI is InChI=1S/C21H24FN3O2/c1-13-6-5-9-18-16(13)12-19(21(27)25-18)24-20(26)11-15(23-2)10-14-7-3-4-8-17(14)22/h3-9,15,19,23H,10-12H2,1-2H3,(H,24,26)(H,25,27)/t15-,19?/m1/s1. The van der Waals surface area contributed by atoms with Crippen LogP contribution in [0.2, 0.25) is 0 Å². The van der Waals surface area contributed by atoms with Gasteiger partial charge < -0.3 is 16.0 Å². The van der Waals surface area contributed by atoms with E-state index in [-0.39, 0.29) is 30.1 Å². The van der Waals surface area contributed by atoms with E-state index in [1.165, 1.54) is 6.07 Å². The number of carbonyl (C=O) groups is 2. The number of hydrogen-bond acceptors (Lipinski definition) is 3. The minimum absolute atomic E-state index is 0.162. The number of nitrogens with one attached hydrogen (secondary N) is 3. The largest absolute Gasteiger partial charge is 0.344 e. The van der Waals surface area contributed by atoms with Crippen molar-refractivity contribution in [3.8, 4) is 0 Å². The SMILES string of the molecule is CN[C@@H](CC(=O)NC1Cc2c(C)cccc2NC1=O)Cc1ccccc1F. The summed E-state index contributed by atoms with van der Waals surface area (Å²) in [5, 5.41) is 8.72. The summed E-state index contributed by atoms with van der Waals surface area (Å²) in [5.41, 5.74) is 3.49. The Hall–Kier alpha value is -2.73. The molecule has 0 saturated heterocycles. The Morgan fingerprint density at radius 1 is 1.26 bits per heavy atom. The molecule has 2 aromatic carbocycles. The third-order valence-electron chi connectivity index (χ3n) is 4.99. The maximum Gasteiger partial charge on any atom is 0.247 e. The lowest BCUT2D eigenvalue weighted by Gasteiger charge is -2.27. The first-order valence-corrected chi connectivity index (χ1v) is 9.07. The average Bonchev–Trinajstić information content (AvgIpc) is 2.64. The summed E-state index contributed by atoms with van der Waals surface area (Å²) in [6.45, 7) is 1.99. The first kappa shape index (κ1) is 19.0. The highest BCUT2D eigenvalue weighted by Gasteiger charge is 2.28. The molecule has 0 radical (unpaired) electrons. The zero-order valence-corrected chi connectivity index (χ0v) is 15.5. The van der Waals surface area contributed by atoms with Crippen LogP contribution in [0.5, 0.6) is 0 Å². The van der Waals surface area contributed by atoms with E-state index in [9.17, 15) is 14.0 Å². The maximum absolute atomic E-state index is 13.8. The van der Waals surface area contributed by atoms with E-state index in [0.29, 0.717) is 18.4 Å². The smallest absolute Gasteiger partial charge is 0.247 e. The molecule has 0 bridgehead atoms. The van der Waals surface area contributed by atoms with Gasteiger partial charge in [-0.2, -0.15) is 0 Å². The van der Waals surface area contributed by atoms with Gasteiger partial charge in [-0.25, -0.2) is 4.39 Å². The fourth-order valence-electron chi connectivity index (χ4n) is 3.41. The molecular weight excluding hydrogens is 345 g/mol. The van der Waals surface area contributed by atoms with Gasteiger partial charge in [0.25, 0.3) is 0 Å². The molecular formula is C21H24FN3O2. The molecule has 3 rings (SSSR count). The predicted octanol–water partition coefficient (Wildman–Crippen LogP) is 2.33. The van der Waals surface area contributed by atoms with Crippen molar-refractivity contribution in [2.24, 2.45) is 0 Å². The lowest BCUT2D eigenvalue weighted by atomic mass is 9.94. The summed E-state index contributed by atoms with van der Waals surface area (Å²) >= 11 is 0. The fraction of sp³-hybridized carbons (Fsp3) is 0.333. The van der Waals surface area contributed by atoms with Crippen molar-refractivity contribution < 1.29 is 14.0 Å². The number of carbonyl (C=O) groups excluding carboxylic acids is 2. The molecule has 3 N–H and O–H groups in total. The van der Waals surface area contributed by atoms with Gasteiger partial charge in [-0.15, -0.1) is 0 Å². The van der Waals surface area contributed by atoms with Crippen molar-refractivity contribution in [1.29, 1.82) is 0 Å². The van der Waals surface area contributed by atoms with Crippen LogP contribution in [-0.2, 0) is 22.4 Å². The lowest BCUT2D eigenvalue weighted by Crippen LogP contribution is -2.49. The van der Waals surface area contributed by atoms with E-state index in [1.54, 1.807) is 25.2 Å². The highest BCUT2D eigenvalue weighted by molar-refractivity contribution is 6.00. The summed E-state index contributed by atoms with van der Waals surface area (Å²) < 4.78 is 13.8. The molecule has 0 aromatic heterocycles. The molecule has 0 spiro atoms. The van der Waals surface area contributed by atoms with Gasteiger partial charge in [-0.3, -0.25) is 9.59 Å². The molecule has 0 saturated carbocycles. The highest BCUT2D eigenvalue weighted by Crippen LogP contribution is 2.25. The Morgan fingerprint density at radius 3 is 2.78 bits per heavy atom. The van der Waals surface area contributed by atoms with Crippen LogP contribution in [0.4, 0.5) is 10.1 Å². The zero-order valence-electron chi connectivity index (χ0n) is 15.5. The van der Waals surface area contributed by atoms with Crippen LogP contribution in [0.3, 0.4) is 0 Å². The molecule has 6 heteroatoms. The third-order valence-corrected chi connectivity index (χ3v) is 4.99. The Balaban J connectivity index is 1.62. The Morgan fingerprint density at radius 2 is 2.04 bits per heavy atom. The summed E-state index contributed by atoms with van der Waals surface area (Å²) in [4.78, 5) is 24.8. The van der Waals surface area contributed by atoms with Crippen molar-refractivity contribution in [3.05, 3.63) is 65.0 Å². The molecule has 142 valence electrons. The number of benzene rings is 2. The number of anilines is 1. The van der Waals surface area contributed by atoms with E-state index in [2.05, 4.69) is 16.0 Å². The summed E-state index contributed by atoms with van der Waals surface area (Å²) in [6.07, 6.45) is 1.03. The van der Waals surface area contributed by atoms with Gasteiger partial charge in [0.15, 0.2) is 0 Å². The lowest BCUT2D eigenvalue weighted by molar-refractivity contribution is -0.127. The van der Waals surface area contributed by atoms with Gasteiger partial charge in [0.1, 0.15) is 11.9 Å². The van der Waals surface area contributed by atoms with Gasteiger partial charge in [0.05, 0.1) is 0 Å². The summed E-state index contributed by atoms with van der Waals surface area (Å²) in [7, 11) is 1.74. The van der Waals surface area contributed by atoms with Crippen molar-refractivity contribution in [2.45, 2.75) is 38.3 Å². The van der Waals surface area contributed by atoms with Crippen molar-refractivity contribution in [1.82, 2.24) is 10.6 Å². The van der Waals surface area contributed by atoms with Crippen LogP contribution >= 0.6 is 0 Å². The average molecular weight is 369 g/mol. The van der Waals surface area contributed by atoms with Crippen LogP contribution < -0.4 is 16.0 Å². The van der Waals surface area contributed by atoms with E-state index in [1.807, 2.05) is 25.1 Å². The van der Waals surface area contributed by atoms with E-state index < -0.39 is 6.04 Å². The normalized spacial score (nSPS) is 17.0. The topological polar surface area (TPSA) is 70.2 Å².